The first kappa shape index (κ1) is 18.5. The van der Waals surface area contributed by atoms with Gasteiger partial charge in [-0.1, -0.05) is 26.0 Å². The summed E-state index contributed by atoms with van der Waals surface area (Å²) >= 11 is 1.49. The lowest BCUT2D eigenvalue weighted by atomic mass is 10.00. The van der Waals surface area contributed by atoms with E-state index in [-0.39, 0.29) is 17.7 Å². The SMILES string of the molecule is CC(C)c1cnc(NC(=O)C(C)c2ccc(N3CC[C@@H](O)C3=O)cc2)s1. The number of aliphatic hydroxyl groups is 1. The Morgan fingerprint density at radius 1 is 1.31 bits per heavy atom. The minimum absolute atomic E-state index is 0.116. The topological polar surface area (TPSA) is 82.5 Å². The summed E-state index contributed by atoms with van der Waals surface area (Å²) in [7, 11) is 0. The monoisotopic (exact) mass is 373 g/mol. The van der Waals surface area contributed by atoms with Crippen LogP contribution < -0.4 is 10.2 Å². The highest BCUT2D eigenvalue weighted by Crippen LogP contribution is 2.28. The van der Waals surface area contributed by atoms with Crippen LogP contribution in [0.1, 0.15) is 49.5 Å². The van der Waals surface area contributed by atoms with Crippen LogP contribution in [0.15, 0.2) is 30.5 Å². The van der Waals surface area contributed by atoms with Gasteiger partial charge in [0.2, 0.25) is 5.91 Å². The molecule has 1 saturated heterocycles. The number of benzene rings is 1. The molecule has 0 aliphatic carbocycles. The van der Waals surface area contributed by atoms with Crippen LogP contribution in [0.25, 0.3) is 0 Å². The molecule has 2 aromatic rings. The summed E-state index contributed by atoms with van der Waals surface area (Å²) in [6, 6.07) is 7.32. The summed E-state index contributed by atoms with van der Waals surface area (Å²) in [6.45, 7) is 6.53. The van der Waals surface area contributed by atoms with Crippen LogP contribution in [0.2, 0.25) is 0 Å². The molecular weight excluding hydrogens is 350 g/mol. The van der Waals surface area contributed by atoms with Crippen molar-refractivity contribution in [2.75, 3.05) is 16.8 Å². The standard InChI is InChI=1S/C19H23N3O3S/c1-11(2)16-10-20-19(26-16)21-17(24)12(3)13-4-6-14(7-5-13)22-9-8-15(23)18(22)25/h4-7,10-12,15,23H,8-9H2,1-3H3,(H,20,21,24)/t12?,15-/m1/s1. The summed E-state index contributed by atoms with van der Waals surface area (Å²) in [5.41, 5.74) is 1.60. The van der Waals surface area contributed by atoms with Gasteiger partial charge in [0.05, 0.1) is 5.92 Å². The highest BCUT2D eigenvalue weighted by Gasteiger charge is 2.30. The molecule has 1 fully saturated rings. The van der Waals surface area contributed by atoms with Gasteiger partial charge in [-0.3, -0.25) is 9.59 Å². The molecule has 138 valence electrons. The Morgan fingerprint density at radius 3 is 2.54 bits per heavy atom. The van der Waals surface area contributed by atoms with Crippen molar-refractivity contribution in [3.05, 3.63) is 40.9 Å². The van der Waals surface area contributed by atoms with Crippen LogP contribution >= 0.6 is 11.3 Å². The number of nitrogens with one attached hydrogen (secondary N) is 1. The van der Waals surface area contributed by atoms with Crippen molar-refractivity contribution in [3.8, 4) is 0 Å². The first-order valence-corrected chi connectivity index (χ1v) is 9.54. The second kappa shape index (κ2) is 7.55. The molecule has 7 heteroatoms. The molecule has 0 saturated carbocycles. The van der Waals surface area contributed by atoms with Gasteiger partial charge in [0.25, 0.3) is 5.91 Å². The van der Waals surface area contributed by atoms with E-state index in [1.165, 1.54) is 11.3 Å². The van der Waals surface area contributed by atoms with Crippen molar-refractivity contribution in [1.82, 2.24) is 4.98 Å². The van der Waals surface area contributed by atoms with Crippen LogP contribution in [0.5, 0.6) is 0 Å². The summed E-state index contributed by atoms with van der Waals surface area (Å²) < 4.78 is 0. The molecule has 2 atom stereocenters. The number of carbonyl (C=O) groups is 2. The van der Waals surface area contributed by atoms with Gasteiger partial charge in [0, 0.05) is 29.7 Å². The molecular formula is C19H23N3O3S. The van der Waals surface area contributed by atoms with Gasteiger partial charge in [0.15, 0.2) is 5.13 Å². The molecule has 2 N–H and O–H groups in total. The van der Waals surface area contributed by atoms with Crippen LogP contribution in [-0.4, -0.2) is 34.6 Å². The largest absolute Gasteiger partial charge is 0.383 e. The van der Waals surface area contributed by atoms with E-state index in [9.17, 15) is 14.7 Å². The number of amides is 2. The molecule has 0 bridgehead atoms. The van der Waals surface area contributed by atoms with Crippen LogP contribution in [0.3, 0.4) is 0 Å². The lowest BCUT2D eigenvalue weighted by Crippen LogP contribution is -2.29. The molecule has 2 amide bonds. The average Bonchev–Trinajstić information content (AvgIpc) is 3.22. The zero-order valence-electron chi connectivity index (χ0n) is 15.1. The number of carbonyl (C=O) groups excluding carboxylic acids is 2. The van der Waals surface area contributed by atoms with Gasteiger partial charge < -0.3 is 15.3 Å². The summed E-state index contributed by atoms with van der Waals surface area (Å²) in [5.74, 6) is -0.339. The Kier molecular flexibility index (Phi) is 5.38. The molecule has 1 aromatic heterocycles. The molecule has 26 heavy (non-hydrogen) atoms. The van der Waals surface area contributed by atoms with E-state index < -0.39 is 6.10 Å². The van der Waals surface area contributed by atoms with E-state index in [1.807, 2.05) is 31.2 Å². The Hall–Kier alpha value is -2.25. The number of aliphatic hydroxyl groups excluding tert-OH is 1. The predicted octanol–water partition coefficient (Wildman–Crippen LogP) is 3.11. The van der Waals surface area contributed by atoms with Crippen LogP contribution in [0, 0.1) is 0 Å². The number of hydrogen-bond acceptors (Lipinski definition) is 5. The van der Waals surface area contributed by atoms with Gasteiger partial charge in [-0.15, -0.1) is 11.3 Å². The van der Waals surface area contributed by atoms with E-state index in [0.29, 0.717) is 24.0 Å². The normalized spacial score (nSPS) is 18.4. The molecule has 6 nitrogen and oxygen atoms in total. The van der Waals surface area contributed by atoms with E-state index in [4.69, 9.17) is 0 Å². The first-order chi connectivity index (χ1) is 12.4. The van der Waals surface area contributed by atoms with Gasteiger partial charge in [-0.2, -0.15) is 0 Å². The smallest absolute Gasteiger partial charge is 0.255 e. The first-order valence-electron chi connectivity index (χ1n) is 8.72. The Morgan fingerprint density at radius 2 is 2.00 bits per heavy atom. The number of aromatic nitrogens is 1. The van der Waals surface area contributed by atoms with Gasteiger partial charge in [0.1, 0.15) is 6.10 Å². The van der Waals surface area contributed by atoms with Crippen LogP contribution in [-0.2, 0) is 9.59 Å². The molecule has 0 radical (unpaired) electrons. The van der Waals surface area contributed by atoms with E-state index in [0.717, 1.165) is 16.1 Å². The molecule has 1 aliphatic heterocycles. The highest BCUT2D eigenvalue weighted by molar-refractivity contribution is 7.15. The van der Waals surface area contributed by atoms with Crippen molar-refractivity contribution in [2.45, 2.75) is 45.1 Å². The fourth-order valence-electron chi connectivity index (χ4n) is 2.84. The number of rotatable bonds is 5. The highest BCUT2D eigenvalue weighted by atomic mass is 32.1. The third-order valence-corrected chi connectivity index (χ3v) is 5.81. The number of thiazole rings is 1. The minimum atomic E-state index is -0.909. The summed E-state index contributed by atoms with van der Waals surface area (Å²) in [6.07, 6.45) is 1.34. The van der Waals surface area contributed by atoms with E-state index >= 15 is 0 Å². The van der Waals surface area contributed by atoms with Gasteiger partial charge in [-0.05, 0) is 30.5 Å². The fourth-order valence-corrected chi connectivity index (χ4v) is 3.66. The Labute approximate surface area is 156 Å². The second-order valence-corrected chi connectivity index (χ2v) is 7.88. The molecule has 0 spiro atoms. The second-order valence-electron chi connectivity index (χ2n) is 6.82. The zero-order chi connectivity index (χ0) is 18.8. The van der Waals surface area contributed by atoms with Gasteiger partial charge in [-0.25, -0.2) is 4.98 Å². The van der Waals surface area contributed by atoms with E-state index in [1.54, 1.807) is 11.1 Å². The van der Waals surface area contributed by atoms with Gasteiger partial charge >= 0.3 is 0 Å². The van der Waals surface area contributed by atoms with Crippen LogP contribution in [0.4, 0.5) is 10.8 Å². The lowest BCUT2D eigenvalue weighted by Gasteiger charge is -2.17. The minimum Gasteiger partial charge on any atom is -0.383 e. The average molecular weight is 373 g/mol. The fraction of sp³-hybridized carbons (Fsp3) is 0.421. The summed E-state index contributed by atoms with van der Waals surface area (Å²) in [4.78, 5) is 31.3. The number of nitrogens with zero attached hydrogens (tertiary/aromatic N) is 2. The predicted molar refractivity (Wildman–Crippen MR) is 103 cm³/mol. The number of hydrogen-bond donors (Lipinski definition) is 2. The Balaban J connectivity index is 1.66. The van der Waals surface area contributed by atoms with Crippen molar-refractivity contribution in [1.29, 1.82) is 0 Å². The molecule has 2 heterocycles. The molecule has 1 unspecified atom stereocenters. The van der Waals surface area contributed by atoms with Crippen molar-refractivity contribution >= 4 is 34.0 Å². The van der Waals surface area contributed by atoms with Crippen molar-refractivity contribution in [2.24, 2.45) is 0 Å². The lowest BCUT2D eigenvalue weighted by molar-refractivity contribution is -0.124. The molecule has 3 rings (SSSR count). The maximum Gasteiger partial charge on any atom is 0.255 e. The van der Waals surface area contributed by atoms with Crippen molar-refractivity contribution < 1.29 is 14.7 Å². The zero-order valence-corrected chi connectivity index (χ0v) is 15.9. The maximum atomic E-state index is 12.5. The number of anilines is 2. The maximum absolute atomic E-state index is 12.5. The Bertz CT molecular complexity index is 801. The summed E-state index contributed by atoms with van der Waals surface area (Å²) in [5, 5.41) is 13.1. The van der Waals surface area contributed by atoms with E-state index in [2.05, 4.69) is 24.1 Å². The third kappa shape index (κ3) is 3.78. The third-order valence-electron chi connectivity index (χ3n) is 4.60. The van der Waals surface area contributed by atoms with Crippen molar-refractivity contribution in [3.63, 3.8) is 0 Å². The molecule has 1 aliphatic rings. The quantitative estimate of drug-likeness (QED) is 0.844. The molecule has 1 aromatic carbocycles.